The maximum Gasteiger partial charge on any atom is 0.281 e. The van der Waals surface area contributed by atoms with E-state index in [0.717, 1.165) is 12.0 Å². The normalized spacial score (nSPS) is 20.7. The number of rotatable bonds is 5. The summed E-state index contributed by atoms with van der Waals surface area (Å²) in [4.78, 5) is 0. The van der Waals surface area contributed by atoms with Crippen molar-refractivity contribution in [1.29, 1.82) is 0 Å². The van der Waals surface area contributed by atoms with E-state index in [1.54, 1.807) is 4.31 Å². The molecule has 112 valence electrons. The SMILES string of the molecule is CCN(CC)S(=O)(=O)N1CCC(c2cccc(Cl)c2)C1. The lowest BCUT2D eigenvalue weighted by Gasteiger charge is -2.25. The first-order valence-corrected chi connectivity index (χ1v) is 8.77. The molecule has 20 heavy (non-hydrogen) atoms. The van der Waals surface area contributed by atoms with Gasteiger partial charge in [-0.15, -0.1) is 0 Å². The van der Waals surface area contributed by atoms with E-state index in [4.69, 9.17) is 11.6 Å². The lowest BCUT2D eigenvalue weighted by Crippen LogP contribution is -2.42. The minimum absolute atomic E-state index is 0.235. The van der Waals surface area contributed by atoms with Gasteiger partial charge in [0.05, 0.1) is 0 Å². The van der Waals surface area contributed by atoms with Crippen LogP contribution in [0.3, 0.4) is 0 Å². The Bertz CT molecular complexity index is 558. The molecule has 1 unspecified atom stereocenters. The zero-order chi connectivity index (χ0) is 14.8. The fourth-order valence-electron chi connectivity index (χ4n) is 2.68. The van der Waals surface area contributed by atoms with Crippen LogP contribution in [0.15, 0.2) is 24.3 Å². The minimum atomic E-state index is -3.32. The highest BCUT2D eigenvalue weighted by molar-refractivity contribution is 7.86. The van der Waals surface area contributed by atoms with Crippen LogP contribution in [-0.4, -0.2) is 43.2 Å². The maximum absolute atomic E-state index is 12.5. The van der Waals surface area contributed by atoms with Crippen LogP contribution in [0.2, 0.25) is 5.02 Å². The van der Waals surface area contributed by atoms with E-state index in [0.29, 0.717) is 31.2 Å². The van der Waals surface area contributed by atoms with Crippen molar-refractivity contribution in [1.82, 2.24) is 8.61 Å². The standard InChI is InChI=1S/C14H21ClN2O2S/c1-3-16(4-2)20(18,19)17-9-8-13(11-17)12-6-5-7-14(15)10-12/h5-7,10,13H,3-4,8-9,11H2,1-2H3. The second-order valence-electron chi connectivity index (χ2n) is 4.99. The molecule has 1 aromatic rings. The Morgan fingerprint density at radius 3 is 2.65 bits per heavy atom. The molecule has 6 heteroatoms. The summed E-state index contributed by atoms with van der Waals surface area (Å²) >= 11 is 6.00. The van der Waals surface area contributed by atoms with Crippen LogP contribution in [0.1, 0.15) is 31.7 Å². The van der Waals surface area contributed by atoms with Crippen LogP contribution >= 0.6 is 11.6 Å². The van der Waals surface area contributed by atoms with Gasteiger partial charge in [-0.1, -0.05) is 37.6 Å². The molecule has 0 amide bonds. The van der Waals surface area contributed by atoms with Crippen LogP contribution in [0.5, 0.6) is 0 Å². The van der Waals surface area contributed by atoms with Crippen molar-refractivity contribution in [2.45, 2.75) is 26.2 Å². The number of halogens is 1. The predicted molar refractivity (Wildman–Crippen MR) is 82.2 cm³/mol. The molecule has 2 rings (SSSR count). The van der Waals surface area contributed by atoms with E-state index in [1.807, 2.05) is 38.1 Å². The molecular weight excluding hydrogens is 296 g/mol. The van der Waals surface area contributed by atoms with Crippen molar-refractivity contribution >= 4 is 21.8 Å². The summed E-state index contributed by atoms with van der Waals surface area (Å²) in [5.74, 6) is 0.235. The largest absolute Gasteiger partial charge is 0.281 e. The van der Waals surface area contributed by atoms with E-state index in [1.165, 1.54) is 4.31 Å². The molecule has 1 saturated heterocycles. The van der Waals surface area contributed by atoms with E-state index < -0.39 is 10.2 Å². The van der Waals surface area contributed by atoms with Crippen LogP contribution in [0.25, 0.3) is 0 Å². The van der Waals surface area contributed by atoms with Gasteiger partial charge in [0.1, 0.15) is 0 Å². The van der Waals surface area contributed by atoms with Crippen molar-refractivity contribution < 1.29 is 8.42 Å². The zero-order valence-corrected chi connectivity index (χ0v) is 13.5. The second kappa shape index (κ2) is 6.43. The average molecular weight is 317 g/mol. The lowest BCUT2D eigenvalue weighted by atomic mass is 9.99. The van der Waals surface area contributed by atoms with Crippen molar-refractivity contribution in [3.8, 4) is 0 Å². The molecule has 0 N–H and O–H groups in total. The fraction of sp³-hybridized carbons (Fsp3) is 0.571. The third kappa shape index (κ3) is 3.17. The van der Waals surface area contributed by atoms with Gasteiger partial charge in [0, 0.05) is 31.2 Å². The average Bonchev–Trinajstić information content (AvgIpc) is 2.90. The number of nitrogens with zero attached hydrogens (tertiary/aromatic N) is 2. The van der Waals surface area contributed by atoms with Crippen LogP contribution in [0.4, 0.5) is 0 Å². The first-order chi connectivity index (χ1) is 9.48. The van der Waals surface area contributed by atoms with Gasteiger partial charge in [-0.25, -0.2) is 0 Å². The molecule has 0 radical (unpaired) electrons. The molecule has 1 aliphatic heterocycles. The van der Waals surface area contributed by atoms with Gasteiger partial charge >= 0.3 is 0 Å². The fourth-order valence-corrected chi connectivity index (χ4v) is 4.57. The Hall–Kier alpha value is -0.620. The summed E-state index contributed by atoms with van der Waals surface area (Å²) in [6.07, 6.45) is 0.848. The summed E-state index contributed by atoms with van der Waals surface area (Å²) in [5.41, 5.74) is 1.12. The van der Waals surface area contributed by atoms with Gasteiger partial charge < -0.3 is 0 Å². The lowest BCUT2D eigenvalue weighted by molar-refractivity contribution is 0.378. The highest BCUT2D eigenvalue weighted by Crippen LogP contribution is 2.30. The first kappa shape index (κ1) is 15.8. The molecule has 0 saturated carbocycles. The molecule has 0 aliphatic carbocycles. The van der Waals surface area contributed by atoms with E-state index >= 15 is 0 Å². The smallest absolute Gasteiger partial charge is 0.195 e. The number of hydrogen-bond acceptors (Lipinski definition) is 2. The van der Waals surface area contributed by atoms with Gasteiger partial charge in [0.2, 0.25) is 0 Å². The van der Waals surface area contributed by atoms with Gasteiger partial charge in [-0.05, 0) is 30.0 Å². The first-order valence-electron chi connectivity index (χ1n) is 6.99. The summed E-state index contributed by atoms with van der Waals surface area (Å²) < 4.78 is 28.0. The topological polar surface area (TPSA) is 40.6 Å². The zero-order valence-electron chi connectivity index (χ0n) is 11.9. The minimum Gasteiger partial charge on any atom is -0.195 e. The van der Waals surface area contributed by atoms with Gasteiger partial charge in [-0.2, -0.15) is 17.0 Å². The third-order valence-electron chi connectivity index (χ3n) is 3.83. The van der Waals surface area contributed by atoms with E-state index in [-0.39, 0.29) is 5.92 Å². The summed E-state index contributed by atoms with van der Waals surface area (Å²) in [7, 11) is -3.32. The molecule has 1 aromatic carbocycles. The van der Waals surface area contributed by atoms with Crippen molar-refractivity contribution in [2.75, 3.05) is 26.2 Å². The molecule has 0 aromatic heterocycles. The van der Waals surface area contributed by atoms with Crippen LogP contribution in [0, 0.1) is 0 Å². The van der Waals surface area contributed by atoms with Crippen molar-refractivity contribution in [3.05, 3.63) is 34.9 Å². The van der Waals surface area contributed by atoms with Gasteiger partial charge in [0.15, 0.2) is 0 Å². The monoisotopic (exact) mass is 316 g/mol. The Labute approximate surface area is 126 Å². The molecule has 0 bridgehead atoms. The molecule has 1 aliphatic rings. The Balaban J connectivity index is 2.13. The molecule has 1 heterocycles. The highest BCUT2D eigenvalue weighted by atomic mass is 35.5. The third-order valence-corrected chi connectivity index (χ3v) is 6.22. The van der Waals surface area contributed by atoms with E-state index in [2.05, 4.69) is 0 Å². The highest BCUT2D eigenvalue weighted by Gasteiger charge is 2.34. The molecule has 1 atom stereocenters. The maximum atomic E-state index is 12.5. The van der Waals surface area contributed by atoms with Crippen LogP contribution < -0.4 is 0 Å². The summed E-state index contributed by atoms with van der Waals surface area (Å²) in [6.45, 7) is 5.88. The van der Waals surface area contributed by atoms with Gasteiger partial charge in [-0.3, -0.25) is 0 Å². The second-order valence-corrected chi connectivity index (χ2v) is 7.36. The number of hydrogen-bond donors (Lipinski definition) is 0. The van der Waals surface area contributed by atoms with Crippen LogP contribution in [-0.2, 0) is 10.2 Å². The van der Waals surface area contributed by atoms with Crippen molar-refractivity contribution in [2.24, 2.45) is 0 Å². The summed E-state index contributed by atoms with van der Waals surface area (Å²) in [5, 5.41) is 0.701. The molecular formula is C14H21ClN2O2S. The molecule has 0 spiro atoms. The molecule has 1 fully saturated rings. The predicted octanol–water partition coefficient (Wildman–Crippen LogP) is 2.72. The Kier molecular flexibility index (Phi) is 5.07. The van der Waals surface area contributed by atoms with Crippen molar-refractivity contribution in [3.63, 3.8) is 0 Å². The Morgan fingerprint density at radius 1 is 1.35 bits per heavy atom. The molecule has 4 nitrogen and oxygen atoms in total. The number of benzene rings is 1. The summed E-state index contributed by atoms with van der Waals surface area (Å²) in [6, 6.07) is 7.70. The quantitative estimate of drug-likeness (QED) is 0.838. The Morgan fingerprint density at radius 2 is 2.05 bits per heavy atom. The van der Waals surface area contributed by atoms with E-state index in [9.17, 15) is 8.42 Å². The van der Waals surface area contributed by atoms with Gasteiger partial charge in [0.25, 0.3) is 10.2 Å².